The molecule has 1 fully saturated rings. The Morgan fingerprint density at radius 2 is 1.50 bits per heavy atom. The number of nitrogens with zero attached hydrogens (tertiary/aromatic N) is 3. The summed E-state index contributed by atoms with van der Waals surface area (Å²) >= 11 is 0. The zero-order valence-electron chi connectivity index (χ0n) is 29.2. The summed E-state index contributed by atoms with van der Waals surface area (Å²) < 4.78 is 0. The monoisotopic (exact) mass is 706 g/mol. The third kappa shape index (κ3) is 10.8. The number of amides is 3. The summed E-state index contributed by atoms with van der Waals surface area (Å²) in [5.41, 5.74) is 15.6. The first kappa shape index (κ1) is 37.8. The smallest absolute Gasteiger partial charge is 0.234 e. The lowest BCUT2D eigenvalue weighted by Gasteiger charge is -2.27. The number of hydrogen-bond acceptors (Lipinski definition) is 10. The quantitative estimate of drug-likeness (QED) is 0.136. The number of nitrogens with two attached hydrogens (primary N) is 2. The van der Waals surface area contributed by atoms with E-state index in [-0.39, 0.29) is 61.7 Å². The van der Waals surface area contributed by atoms with E-state index in [0.29, 0.717) is 42.8 Å². The van der Waals surface area contributed by atoms with E-state index in [1.54, 1.807) is 18.2 Å². The van der Waals surface area contributed by atoms with Gasteiger partial charge in [-0.05, 0) is 86.0 Å². The van der Waals surface area contributed by atoms with E-state index < -0.39 is 11.8 Å². The van der Waals surface area contributed by atoms with Crippen LogP contribution in [-0.4, -0.2) is 61.4 Å². The molecular formula is C39H46N8O5. The highest BCUT2D eigenvalue weighted by molar-refractivity contribution is 6.01. The Kier molecular flexibility index (Phi) is 13.6. The van der Waals surface area contributed by atoms with E-state index in [9.17, 15) is 24.0 Å². The van der Waals surface area contributed by atoms with Crippen LogP contribution in [0.3, 0.4) is 0 Å². The van der Waals surface area contributed by atoms with Crippen molar-refractivity contribution < 1.29 is 24.0 Å². The highest BCUT2D eigenvalue weighted by Gasteiger charge is 2.30. The van der Waals surface area contributed by atoms with Crippen molar-refractivity contribution in [3.05, 3.63) is 83.9 Å². The Morgan fingerprint density at radius 3 is 2.17 bits per heavy atom. The fraction of sp³-hybridized carbons (Fsp3) is 0.385. The number of amidine groups is 1. The predicted octanol–water partition coefficient (Wildman–Crippen LogP) is 4.41. The van der Waals surface area contributed by atoms with Crippen molar-refractivity contribution in [2.75, 3.05) is 36.9 Å². The molecule has 52 heavy (non-hydrogen) atoms. The maximum Gasteiger partial charge on any atom is 0.234 e. The molecule has 0 spiro atoms. The molecule has 0 bridgehead atoms. The molecule has 3 aromatic carbocycles. The number of hydrogen-bond donors (Lipinski definition) is 5. The minimum absolute atomic E-state index is 0.0202. The van der Waals surface area contributed by atoms with Crippen LogP contribution in [0.15, 0.2) is 88.0 Å². The highest BCUT2D eigenvalue weighted by Crippen LogP contribution is 2.32. The first-order valence-electron chi connectivity index (χ1n) is 17.7. The van der Waals surface area contributed by atoms with Crippen LogP contribution in [0.4, 0.5) is 11.4 Å². The second-order valence-electron chi connectivity index (χ2n) is 13.3. The van der Waals surface area contributed by atoms with Crippen molar-refractivity contribution in [2.24, 2.45) is 44.4 Å². The minimum Gasteiger partial charge on any atom is -0.348 e. The molecule has 0 unspecified atom stereocenters. The van der Waals surface area contributed by atoms with Gasteiger partial charge in [0, 0.05) is 53.6 Å². The molecule has 13 heteroatoms. The van der Waals surface area contributed by atoms with E-state index in [2.05, 4.69) is 31.2 Å². The number of para-hydroxylation sites is 1. The number of carbonyl (C=O) groups is 5. The maximum atomic E-state index is 13.8. The first-order valence-corrected chi connectivity index (χ1v) is 17.7. The highest BCUT2D eigenvalue weighted by atomic mass is 16.2. The molecule has 1 aliphatic carbocycles. The maximum absolute atomic E-state index is 13.8. The largest absolute Gasteiger partial charge is 0.348 e. The molecule has 1 atom stereocenters. The van der Waals surface area contributed by atoms with E-state index in [0.717, 1.165) is 47.9 Å². The standard InChI is InChI=1S/C39H46N8O5/c40-21-26-7-11-28(12-8-26)35(49)20-30(39(52)45-31-15-13-29(14-16-31)38-43-24-44-47-38)19-25-5-9-27(10-6-25)33-3-1-2-4-34(33)46-36(50)18-17-32(48)23-42-37(51)22-41/h1-6,9-10,13-16,26,28,30H,7-8,11-12,17-24,40-41H2,(H,42,51)(H,45,52)(H,46,50)/t26?,28?,30-/m1/s1. The van der Waals surface area contributed by atoms with Crippen LogP contribution >= 0.6 is 0 Å². The zero-order valence-corrected chi connectivity index (χ0v) is 29.2. The Balaban J connectivity index is 1.25. The molecule has 272 valence electrons. The van der Waals surface area contributed by atoms with E-state index in [4.69, 9.17) is 11.5 Å². The van der Waals surface area contributed by atoms with Crippen LogP contribution in [0.25, 0.3) is 11.1 Å². The molecule has 2 aliphatic rings. The number of rotatable bonds is 17. The molecule has 1 aliphatic heterocycles. The van der Waals surface area contributed by atoms with E-state index >= 15 is 0 Å². The fourth-order valence-electron chi connectivity index (χ4n) is 6.48. The summed E-state index contributed by atoms with van der Waals surface area (Å²) in [4.78, 5) is 67.6. The van der Waals surface area contributed by atoms with Gasteiger partial charge in [-0.25, -0.2) is 4.99 Å². The Labute approximate surface area is 303 Å². The van der Waals surface area contributed by atoms with Crippen molar-refractivity contribution >= 4 is 46.5 Å². The van der Waals surface area contributed by atoms with Gasteiger partial charge in [0.05, 0.1) is 13.1 Å². The fourth-order valence-corrected chi connectivity index (χ4v) is 6.48. The summed E-state index contributed by atoms with van der Waals surface area (Å²) in [7, 11) is 0. The summed E-state index contributed by atoms with van der Waals surface area (Å²) in [6.07, 6.45) is 3.90. The van der Waals surface area contributed by atoms with Crippen LogP contribution < -0.4 is 27.4 Å². The van der Waals surface area contributed by atoms with Gasteiger partial charge in [0.25, 0.3) is 0 Å². The molecule has 3 amide bonds. The van der Waals surface area contributed by atoms with Gasteiger partial charge in [-0.15, -0.1) is 5.11 Å². The number of azo groups is 1. The Hall–Kier alpha value is -5.40. The third-order valence-corrected chi connectivity index (χ3v) is 9.56. The normalized spacial score (nSPS) is 17.2. The molecule has 1 heterocycles. The Morgan fingerprint density at radius 1 is 0.788 bits per heavy atom. The second-order valence-corrected chi connectivity index (χ2v) is 13.3. The van der Waals surface area contributed by atoms with Crippen molar-refractivity contribution in [3.63, 3.8) is 0 Å². The lowest BCUT2D eigenvalue weighted by molar-refractivity contribution is -0.129. The molecule has 0 aromatic heterocycles. The Bertz CT molecular complexity index is 1800. The number of ketones is 2. The summed E-state index contributed by atoms with van der Waals surface area (Å²) in [6, 6.07) is 22.3. The molecule has 3 aromatic rings. The van der Waals surface area contributed by atoms with Crippen LogP contribution in [-0.2, 0) is 30.4 Å². The van der Waals surface area contributed by atoms with Crippen molar-refractivity contribution in [1.82, 2.24) is 5.32 Å². The van der Waals surface area contributed by atoms with Gasteiger partial charge in [0.15, 0.2) is 18.3 Å². The van der Waals surface area contributed by atoms with Gasteiger partial charge in [0.1, 0.15) is 5.78 Å². The average Bonchev–Trinajstić information content (AvgIpc) is 3.72. The molecule has 13 nitrogen and oxygen atoms in total. The van der Waals surface area contributed by atoms with Crippen molar-refractivity contribution in [1.29, 1.82) is 0 Å². The summed E-state index contributed by atoms with van der Waals surface area (Å²) in [5, 5.41) is 16.2. The molecule has 7 N–H and O–H groups in total. The topological polar surface area (TPSA) is 211 Å². The van der Waals surface area contributed by atoms with Crippen molar-refractivity contribution in [3.8, 4) is 11.1 Å². The lowest BCUT2D eigenvalue weighted by Crippen LogP contribution is -2.34. The molecule has 0 saturated heterocycles. The van der Waals surface area contributed by atoms with Gasteiger partial charge >= 0.3 is 0 Å². The molecule has 1 saturated carbocycles. The van der Waals surface area contributed by atoms with Gasteiger partial charge in [-0.3, -0.25) is 24.0 Å². The number of benzene rings is 3. The van der Waals surface area contributed by atoms with E-state index in [1.807, 2.05) is 54.6 Å². The molecule has 5 rings (SSSR count). The number of carbonyl (C=O) groups excluding carboxylic acids is 5. The third-order valence-electron chi connectivity index (χ3n) is 9.56. The van der Waals surface area contributed by atoms with Gasteiger partial charge < -0.3 is 27.4 Å². The molecular weight excluding hydrogens is 660 g/mol. The number of anilines is 2. The molecule has 0 radical (unpaired) electrons. The predicted molar refractivity (Wildman–Crippen MR) is 199 cm³/mol. The van der Waals surface area contributed by atoms with Crippen LogP contribution in [0.2, 0.25) is 0 Å². The second kappa shape index (κ2) is 18.7. The number of aliphatic imine (C=N–C) groups is 1. The van der Waals surface area contributed by atoms with E-state index in [1.165, 1.54) is 0 Å². The number of nitrogens with one attached hydrogen (secondary N) is 3. The SMILES string of the molecule is NCC(=O)NCC(=O)CCC(=O)Nc1ccccc1-c1ccc(C[C@H](CC(=O)C2CCC(CN)CC2)C(=O)Nc2ccc(C3=NCN=N3)cc2)cc1. The van der Waals surface area contributed by atoms with Crippen LogP contribution in [0.1, 0.15) is 56.1 Å². The van der Waals surface area contributed by atoms with Crippen LogP contribution in [0, 0.1) is 17.8 Å². The minimum atomic E-state index is -0.587. The number of Topliss-reactive ketones (excluding diaryl/α,β-unsaturated/α-hetero) is 2. The average molecular weight is 707 g/mol. The zero-order chi connectivity index (χ0) is 36.9. The van der Waals surface area contributed by atoms with Crippen LogP contribution in [0.5, 0.6) is 0 Å². The van der Waals surface area contributed by atoms with Gasteiger partial charge in [-0.2, -0.15) is 5.11 Å². The summed E-state index contributed by atoms with van der Waals surface area (Å²) in [5.74, 6) is -0.801. The van der Waals surface area contributed by atoms with Gasteiger partial charge in [-0.1, -0.05) is 42.5 Å². The summed E-state index contributed by atoms with van der Waals surface area (Å²) in [6.45, 7) is 0.563. The lowest BCUT2D eigenvalue weighted by atomic mass is 9.77. The first-order chi connectivity index (χ1) is 25.2. The van der Waals surface area contributed by atoms with Crippen molar-refractivity contribution in [2.45, 2.75) is 51.4 Å². The van der Waals surface area contributed by atoms with Gasteiger partial charge in [0.2, 0.25) is 17.7 Å².